The van der Waals surface area contributed by atoms with E-state index < -0.39 is 10.0 Å². The molecule has 0 aliphatic carbocycles. The number of carbonyl (C=O) groups is 1. The standard InChI is InChI=1S/C18H21FN2O3S/c1-3-13(2)21-25(23,24)17-9-7-15(8-10-17)18(22)20-12-14-5-4-6-16(19)11-14/h4-11,13,21H,3,12H2,1-2H3,(H,20,22). The second-order valence-electron chi connectivity index (χ2n) is 5.77. The van der Waals surface area contributed by atoms with Gasteiger partial charge in [0.05, 0.1) is 4.90 Å². The van der Waals surface area contributed by atoms with Crippen LogP contribution in [-0.2, 0) is 16.6 Å². The van der Waals surface area contributed by atoms with Gasteiger partial charge < -0.3 is 5.32 Å². The van der Waals surface area contributed by atoms with Crippen LogP contribution in [-0.4, -0.2) is 20.4 Å². The lowest BCUT2D eigenvalue weighted by Gasteiger charge is -2.12. The summed E-state index contributed by atoms with van der Waals surface area (Å²) in [7, 11) is -3.60. The molecule has 134 valence electrons. The van der Waals surface area contributed by atoms with Crippen LogP contribution in [0.3, 0.4) is 0 Å². The van der Waals surface area contributed by atoms with Gasteiger partial charge in [0, 0.05) is 18.2 Å². The van der Waals surface area contributed by atoms with Gasteiger partial charge in [-0.2, -0.15) is 0 Å². The second-order valence-corrected chi connectivity index (χ2v) is 7.48. The minimum Gasteiger partial charge on any atom is -0.348 e. The molecule has 2 aromatic rings. The first-order valence-electron chi connectivity index (χ1n) is 7.97. The van der Waals surface area contributed by atoms with Crippen LogP contribution in [0.4, 0.5) is 4.39 Å². The molecule has 2 aromatic carbocycles. The van der Waals surface area contributed by atoms with Gasteiger partial charge in [0.2, 0.25) is 10.0 Å². The van der Waals surface area contributed by atoms with E-state index in [2.05, 4.69) is 10.0 Å². The molecule has 0 saturated carbocycles. The van der Waals surface area contributed by atoms with Gasteiger partial charge in [0.1, 0.15) is 5.82 Å². The van der Waals surface area contributed by atoms with Crippen molar-refractivity contribution in [3.8, 4) is 0 Å². The summed E-state index contributed by atoms with van der Waals surface area (Å²) in [6.07, 6.45) is 0.680. The highest BCUT2D eigenvalue weighted by Gasteiger charge is 2.17. The first-order chi connectivity index (χ1) is 11.8. The molecule has 1 unspecified atom stereocenters. The first kappa shape index (κ1) is 19.1. The number of sulfonamides is 1. The zero-order chi connectivity index (χ0) is 18.4. The Kier molecular flexibility index (Phi) is 6.27. The Balaban J connectivity index is 2.02. The Hall–Kier alpha value is -2.25. The van der Waals surface area contributed by atoms with Gasteiger partial charge in [-0.05, 0) is 55.3 Å². The summed E-state index contributed by atoms with van der Waals surface area (Å²) >= 11 is 0. The normalized spacial score (nSPS) is 12.6. The highest BCUT2D eigenvalue weighted by molar-refractivity contribution is 7.89. The molecular weight excluding hydrogens is 343 g/mol. The predicted octanol–water partition coefficient (Wildman–Crippen LogP) is 2.83. The van der Waals surface area contributed by atoms with Crippen molar-refractivity contribution in [1.82, 2.24) is 10.0 Å². The number of hydrogen-bond acceptors (Lipinski definition) is 3. The lowest BCUT2D eigenvalue weighted by Crippen LogP contribution is -2.32. The molecule has 1 amide bonds. The van der Waals surface area contributed by atoms with Gasteiger partial charge in [-0.1, -0.05) is 19.1 Å². The van der Waals surface area contributed by atoms with Gasteiger partial charge in [-0.25, -0.2) is 17.5 Å². The molecule has 0 radical (unpaired) electrons. The summed E-state index contributed by atoms with van der Waals surface area (Å²) in [5.41, 5.74) is 0.976. The summed E-state index contributed by atoms with van der Waals surface area (Å²) in [5, 5.41) is 2.67. The van der Waals surface area contributed by atoms with Gasteiger partial charge in [0.15, 0.2) is 0 Å². The average molecular weight is 364 g/mol. The number of nitrogens with one attached hydrogen (secondary N) is 2. The van der Waals surface area contributed by atoms with E-state index >= 15 is 0 Å². The Morgan fingerprint density at radius 3 is 2.44 bits per heavy atom. The van der Waals surface area contributed by atoms with Crippen molar-refractivity contribution in [2.45, 2.75) is 37.8 Å². The minimum absolute atomic E-state index is 0.106. The van der Waals surface area contributed by atoms with Crippen molar-refractivity contribution >= 4 is 15.9 Å². The average Bonchev–Trinajstić information content (AvgIpc) is 2.59. The van der Waals surface area contributed by atoms with Crippen molar-refractivity contribution < 1.29 is 17.6 Å². The van der Waals surface area contributed by atoms with E-state index in [0.717, 1.165) is 0 Å². The molecule has 2 N–H and O–H groups in total. The predicted molar refractivity (Wildman–Crippen MR) is 94.1 cm³/mol. The Morgan fingerprint density at radius 2 is 1.84 bits per heavy atom. The minimum atomic E-state index is -3.60. The molecule has 0 spiro atoms. The third kappa shape index (κ3) is 5.37. The zero-order valence-electron chi connectivity index (χ0n) is 14.1. The molecule has 7 heteroatoms. The molecule has 1 atom stereocenters. The van der Waals surface area contributed by atoms with E-state index in [1.54, 1.807) is 19.1 Å². The molecule has 0 aromatic heterocycles. The molecule has 0 aliphatic heterocycles. The summed E-state index contributed by atoms with van der Waals surface area (Å²) < 4.78 is 40.0. The van der Waals surface area contributed by atoms with Crippen LogP contribution in [0.25, 0.3) is 0 Å². The molecule has 0 fully saturated rings. The van der Waals surface area contributed by atoms with Crippen molar-refractivity contribution in [3.63, 3.8) is 0 Å². The molecule has 2 rings (SSSR count). The third-order valence-corrected chi connectivity index (χ3v) is 5.34. The summed E-state index contributed by atoms with van der Waals surface area (Å²) in [5.74, 6) is -0.724. The van der Waals surface area contributed by atoms with Gasteiger partial charge in [0.25, 0.3) is 5.91 Å². The zero-order valence-corrected chi connectivity index (χ0v) is 14.9. The van der Waals surface area contributed by atoms with Crippen molar-refractivity contribution in [3.05, 3.63) is 65.5 Å². The van der Waals surface area contributed by atoms with E-state index in [-0.39, 0.29) is 29.2 Å². The van der Waals surface area contributed by atoms with Crippen LogP contribution in [0.15, 0.2) is 53.4 Å². The number of carbonyl (C=O) groups excluding carboxylic acids is 1. The van der Waals surface area contributed by atoms with Gasteiger partial charge >= 0.3 is 0 Å². The number of amides is 1. The monoisotopic (exact) mass is 364 g/mol. The Labute approximate surface area is 147 Å². The third-order valence-electron chi connectivity index (χ3n) is 3.74. The molecule has 0 aliphatic rings. The molecular formula is C18H21FN2O3S. The quantitative estimate of drug-likeness (QED) is 0.793. The van der Waals surface area contributed by atoms with Crippen LogP contribution in [0, 0.1) is 5.82 Å². The SMILES string of the molecule is CCC(C)NS(=O)(=O)c1ccc(C(=O)NCc2cccc(F)c2)cc1. The summed E-state index contributed by atoms with van der Waals surface area (Å²) in [6, 6.07) is 11.5. The van der Waals surface area contributed by atoms with Crippen LogP contribution in [0.2, 0.25) is 0 Å². The number of hydrogen-bond donors (Lipinski definition) is 2. The molecule has 0 bridgehead atoms. The smallest absolute Gasteiger partial charge is 0.251 e. The van der Waals surface area contributed by atoms with E-state index in [4.69, 9.17) is 0 Å². The van der Waals surface area contributed by atoms with Crippen molar-refractivity contribution in [2.24, 2.45) is 0 Å². The lowest BCUT2D eigenvalue weighted by molar-refractivity contribution is 0.0950. The van der Waals surface area contributed by atoms with E-state index in [9.17, 15) is 17.6 Å². The van der Waals surface area contributed by atoms with Crippen LogP contribution in [0.5, 0.6) is 0 Å². The highest BCUT2D eigenvalue weighted by Crippen LogP contribution is 2.12. The molecule has 0 saturated heterocycles. The number of halogens is 1. The fourth-order valence-electron chi connectivity index (χ4n) is 2.13. The second kappa shape index (κ2) is 8.22. The summed E-state index contributed by atoms with van der Waals surface area (Å²) in [6.45, 7) is 3.86. The van der Waals surface area contributed by atoms with Crippen molar-refractivity contribution in [1.29, 1.82) is 0 Å². The van der Waals surface area contributed by atoms with Crippen LogP contribution < -0.4 is 10.0 Å². The largest absolute Gasteiger partial charge is 0.348 e. The van der Waals surface area contributed by atoms with E-state index in [1.165, 1.54) is 36.4 Å². The number of benzene rings is 2. The Bertz CT molecular complexity index is 836. The fourth-order valence-corrected chi connectivity index (χ4v) is 3.46. The maximum Gasteiger partial charge on any atom is 0.251 e. The van der Waals surface area contributed by atoms with Gasteiger partial charge in [-0.3, -0.25) is 4.79 Å². The summed E-state index contributed by atoms with van der Waals surface area (Å²) in [4.78, 5) is 12.2. The number of rotatable bonds is 7. The van der Waals surface area contributed by atoms with Crippen molar-refractivity contribution in [2.75, 3.05) is 0 Å². The molecule has 0 heterocycles. The van der Waals surface area contributed by atoms with Crippen LogP contribution >= 0.6 is 0 Å². The molecule has 25 heavy (non-hydrogen) atoms. The highest BCUT2D eigenvalue weighted by atomic mass is 32.2. The maximum atomic E-state index is 13.1. The fraction of sp³-hybridized carbons (Fsp3) is 0.278. The molecule has 5 nitrogen and oxygen atoms in total. The Morgan fingerprint density at radius 1 is 1.16 bits per heavy atom. The van der Waals surface area contributed by atoms with E-state index in [1.807, 2.05) is 6.92 Å². The maximum absolute atomic E-state index is 13.1. The van der Waals surface area contributed by atoms with Gasteiger partial charge in [-0.15, -0.1) is 0 Å². The van der Waals surface area contributed by atoms with E-state index in [0.29, 0.717) is 17.5 Å². The van der Waals surface area contributed by atoms with Crippen LogP contribution in [0.1, 0.15) is 36.2 Å². The first-order valence-corrected chi connectivity index (χ1v) is 9.45. The topological polar surface area (TPSA) is 75.3 Å². The lowest BCUT2D eigenvalue weighted by atomic mass is 10.2.